The molecule has 0 fully saturated rings. The Kier molecular flexibility index (Phi) is 5.96. The fraction of sp³-hybridized carbons (Fsp3) is 0.600. The van der Waals surface area contributed by atoms with Crippen molar-refractivity contribution >= 4 is 35.5 Å². The highest BCUT2D eigenvalue weighted by Crippen LogP contribution is 2.09. The molecule has 0 aliphatic carbocycles. The zero-order valence-electron chi connectivity index (χ0n) is 6.17. The highest BCUT2D eigenvalue weighted by molar-refractivity contribution is 7.98. The van der Waals surface area contributed by atoms with E-state index in [9.17, 15) is 0 Å². The van der Waals surface area contributed by atoms with Gasteiger partial charge in [-0.25, -0.2) is 4.98 Å². The van der Waals surface area contributed by atoms with Gasteiger partial charge in [-0.2, -0.15) is 0 Å². The van der Waals surface area contributed by atoms with Crippen LogP contribution in [0.25, 0.3) is 0 Å². The fourth-order valence-corrected chi connectivity index (χ4v) is 1.63. The summed E-state index contributed by atoms with van der Waals surface area (Å²) in [5.74, 6) is 0. The third kappa shape index (κ3) is 3.34. The van der Waals surface area contributed by atoms with Crippen molar-refractivity contribution in [1.29, 1.82) is 0 Å². The molecule has 1 rings (SSSR count). The fourth-order valence-electron chi connectivity index (χ4n) is 0.303. The third-order valence-electron chi connectivity index (χ3n) is 0.612. The summed E-state index contributed by atoms with van der Waals surface area (Å²) < 4.78 is 3.62. The van der Waals surface area contributed by atoms with Crippen molar-refractivity contribution in [3.63, 3.8) is 0 Å². The minimum Gasteiger partial charge on any atom is -0.287 e. The van der Waals surface area contributed by atoms with E-state index in [1.165, 1.54) is 11.5 Å². The lowest BCUT2D eigenvalue weighted by molar-refractivity contribution is 1.07. The van der Waals surface area contributed by atoms with Crippen molar-refractivity contribution in [2.24, 2.45) is 0 Å². The van der Waals surface area contributed by atoms with Crippen LogP contribution in [0.5, 0.6) is 0 Å². The highest BCUT2D eigenvalue weighted by atomic mass is 32.2. The molecule has 0 amide bonds. The predicted octanol–water partition coefficient (Wildman–Crippen LogP) is 2.95. The third-order valence-corrected chi connectivity index (χ3v) is 2.22. The summed E-state index contributed by atoms with van der Waals surface area (Å²) in [6, 6.07) is 0. The Hall–Kier alpha value is 0.130. The van der Waals surface area contributed by atoms with Crippen molar-refractivity contribution in [1.82, 2.24) is 9.36 Å². The number of hydrogen-bond donors (Lipinski definition) is 1. The van der Waals surface area contributed by atoms with E-state index >= 15 is 0 Å². The van der Waals surface area contributed by atoms with Gasteiger partial charge in [-0.15, -0.1) is 0 Å². The monoisotopic (exact) mass is 194 g/mol. The molecule has 2 nitrogen and oxygen atoms in total. The Labute approximate surface area is 74.2 Å². The van der Waals surface area contributed by atoms with Crippen LogP contribution in [0.3, 0.4) is 0 Å². The van der Waals surface area contributed by atoms with E-state index in [4.69, 9.17) is 12.2 Å². The smallest absolute Gasteiger partial charge is 0.198 e. The van der Waals surface area contributed by atoms with Crippen LogP contribution in [-0.2, 0) is 0 Å². The predicted molar refractivity (Wildman–Crippen MR) is 50.4 cm³/mol. The summed E-state index contributed by atoms with van der Waals surface area (Å²) in [6.07, 6.45) is 1.96. The van der Waals surface area contributed by atoms with E-state index in [1.807, 2.05) is 20.1 Å². The molecule has 5 heteroatoms. The van der Waals surface area contributed by atoms with Gasteiger partial charge in [0.05, 0.1) is 0 Å². The quantitative estimate of drug-likeness (QED) is 0.550. The minimum atomic E-state index is 0.675. The van der Waals surface area contributed by atoms with Gasteiger partial charge in [-0.05, 0) is 30.0 Å². The van der Waals surface area contributed by atoms with Gasteiger partial charge in [-0.3, -0.25) is 4.37 Å². The number of rotatable bonds is 1. The van der Waals surface area contributed by atoms with Crippen LogP contribution in [0.2, 0.25) is 0 Å². The zero-order chi connectivity index (χ0) is 7.98. The van der Waals surface area contributed by atoms with Crippen LogP contribution in [0.1, 0.15) is 13.8 Å². The van der Waals surface area contributed by atoms with Crippen molar-refractivity contribution in [2.75, 3.05) is 6.26 Å². The summed E-state index contributed by atoms with van der Waals surface area (Å²) in [6.45, 7) is 4.00. The number of H-pyrrole nitrogens is 1. The lowest BCUT2D eigenvalue weighted by Crippen LogP contribution is -1.66. The van der Waals surface area contributed by atoms with Gasteiger partial charge in [0.1, 0.15) is 0 Å². The van der Waals surface area contributed by atoms with Crippen LogP contribution < -0.4 is 0 Å². The largest absolute Gasteiger partial charge is 0.287 e. The molecule has 0 aromatic carbocycles. The standard InChI is InChI=1S/C3H4N2S3.C2H6/c1-7-2-4-3(6)8-5-2;1-2/h1H3,(H,4,5,6);1-2H3. The van der Waals surface area contributed by atoms with E-state index in [1.54, 1.807) is 11.8 Å². The second-order valence-corrected chi connectivity index (χ2v) is 3.33. The van der Waals surface area contributed by atoms with Gasteiger partial charge < -0.3 is 0 Å². The number of nitrogens with zero attached hydrogens (tertiary/aromatic N) is 1. The summed E-state index contributed by atoms with van der Waals surface area (Å²) >= 11 is 7.72. The van der Waals surface area contributed by atoms with Crippen LogP contribution in [0.4, 0.5) is 0 Å². The zero-order valence-corrected chi connectivity index (χ0v) is 8.62. The van der Waals surface area contributed by atoms with Gasteiger partial charge in [-0.1, -0.05) is 25.6 Å². The second kappa shape index (κ2) is 5.88. The minimum absolute atomic E-state index is 0.675. The molecule has 10 heavy (non-hydrogen) atoms. The van der Waals surface area contributed by atoms with E-state index < -0.39 is 0 Å². The summed E-state index contributed by atoms with van der Waals surface area (Å²) in [5.41, 5.74) is 0. The van der Waals surface area contributed by atoms with Gasteiger partial charge in [0.25, 0.3) is 0 Å². The summed E-state index contributed by atoms with van der Waals surface area (Å²) in [5, 5.41) is 0.903. The lowest BCUT2D eigenvalue weighted by Gasteiger charge is -1.77. The summed E-state index contributed by atoms with van der Waals surface area (Å²) in [7, 11) is 0. The van der Waals surface area contributed by atoms with E-state index in [-0.39, 0.29) is 0 Å². The molecule has 1 aromatic heterocycles. The van der Waals surface area contributed by atoms with Crippen LogP contribution in [0.15, 0.2) is 5.16 Å². The molecule has 0 aliphatic rings. The van der Waals surface area contributed by atoms with Crippen molar-refractivity contribution < 1.29 is 0 Å². The average molecular weight is 194 g/mol. The van der Waals surface area contributed by atoms with Gasteiger partial charge in [0.2, 0.25) is 0 Å². The maximum Gasteiger partial charge on any atom is 0.198 e. The molecule has 0 aliphatic heterocycles. The summed E-state index contributed by atoms with van der Waals surface area (Å²) in [4.78, 5) is 3.97. The SMILES string of the molecule is CC.CSc1nc(=S)s[nH]1. The lowest BCUT2D eigenvalue weighted by atomic mass is 11.0. The van der Waals surface area contributed by atoms with Crippen molar-refractivity contribution in [2.45, 2.75) is 19.0 Å². The Balaban J connectivity index is 0.000000371. The Morgan fingerprint density at radius 2 is 2.20 bits per heavy atom. The first-order valence-corrected chi connectivity index (χ1v) is 5.37. The van der Waals surface area contributed by atoms with Crippen LogP contribution >= 0.6 is 35.5 Å². The molecule has 0 saturated heterocycles. The molecule has 58 valence electrons. The number of aromatic nitrogens is 2. The normalized spacial score (nSPS) is 8.30. The van der Waals surface area contributed by atoms with Crippen LogP contribution in [0, 0.1) is 3.95 Å². The number of nitrogens with one attached hydrogen (secondary N) is 1. The molecule has 0 unspecified atom stereocenters. The Morgan fingerprint density at radius 1 is 1.60 bits per heavy atom. The molecule has 0 saturated carbocycles. The first-order chi connectivity index (χ1) is 4.83. The first kappa shape index (κ1) is 10.1. The van der Waals surface area contributed by atoms with E-state index in [2.05, 4.69) is 9.36 Å². The molecule has 0 bridgehead atoms. The van der Waals surface area contributed by atoms with E-state index in [0.717, 1.165) is 5.16 Å². The van der Waals surface area contributed by atoms with Crippen molar-refractivity contribution in [3.8, 4) is 0 Å². The first-order valence-electron chi connectivity index (χ1n) is 2.92. The molecule has 1 aromatic rings. The Bertz CT molecular complexity index is 215. The molecule has 0 atom stereocenters. The van der Waals surface area contributed by atoms with Gasteiger partial charge in [0.15, 0.2) is 9.11 Å². The molecule has 0 radical (unpaired) electrons. The van der Waals surface area contributed by atoms with Crippen molar-refractivity contribution in [3.05, 3.63) is 3.95 Å². The number of hydrogen-bond acceptors (Lipinski definition) is 4. The topological polar surface area (TPSA) is 28.7 Å². The average Bonchev–Trinajstić information content (AvgIpc) is 2.40. The molecular formula is C5H10N2S3. The van der Waals surface area contributed by atoms with Crippen LogP contribution in [-0.4, -0.2) is 15.6 Å². The molecule has 1 N–H and O–H groups in total. The molecule has 0 spiro atoms. The molecule has 1 heterocycles. The highest BCUT2D eigenvalue weighted by Gasteiger charge is 1.89. The number of aromatic amines is 1. The van der Waals surface area contributed by atoms with Gasteiger partial charge in [0, 0.05) is 0 Å². The maximum absolute atomic E-state index is 4.76. The number of thioether (sulfide) groups is 1. The maximum atomic E-state index is 4.76. The van der Waals surface area contributed by atoms with E-state index in [0.29, 0.717) is 3.95 Å². The molecular weight excluding hydrogens is 184 g/mol. The Morgan fingerprint density at radius 3 is 2.40 bits per heavy atom. The second-order valence-electron chi connectivity index (χ2n) is 1.09. The van der Waals surface area contributed by atoms with Gasteiger partial charge >= 0.3 is 0 Å².